The fourth-order valence-electron chi connectivity index (χ4n) is 1.94. The van der Waals surface area contributed by atoms with E-state index in [1.54, 1.807) is 21.3 Å². The van der Waals surface area contributed by atoms with Gasteiger partial charge in [0, 0.05) is 32.3 Å². The van der Waals surface area contributed by atoms with Gasteiger partial charge in [-0.25, -0.2) is 0 Å². The van der Waals surface area contributed by atoms with Crippen molar-refractivity contribution in [2.75, 3.05) is 46.4 Å². The zero-order chi connectivity index (χ0) is 14.3. The number of rotatable bonds is 8. The minimum atomic E-state index is 0.213. The second kappa shape index (κ2) is 7.74. The predicted molar refractivity (Wildman–Crippen MR) is 75.7 cm³/mol. The number of anilines is 1. The zero-order valence-corrected chi connectivity index (χ0v) is 12.1. The number of benzene rings is 1. The van der Waals surface area contributed by atoms with Gasteiger partial charge in [0.15, 0.2) is 0 Å². The van der Waals surface area contributed by atoms with Crippen LogP contribution >= 0.6 is 0 Å². The standard InChI is InChI=1S/C14H23NO4/c1-15(7-5-6-8-16)14-12(18-3)9-11(17-2)10-13(14)19-4/h9-10,16H,5-8H2,1-4H3. The Labute approximate surface area is 114 Å². The van der Waals surface area contributed by atoms with Crippen LogP contribution < -0.4 is 19.1 Å². The van der Waals surface area contributed by atoms with E-state index in [2.05, 4.69) is 4.90 Å². The molecule has 1 rings (SSSR count). The molecule has 0 unspecified atom stereocenters. The molecule has 5 nitrogen and oxygen atoms in total. The van der Waals surface area contributed by atoms with E-state index in [0.29, 0.717) is 17.2 Å². The van der Waals surface area contributed by atoms with Crippen LogP contribution in [0.15, 0.2) is 12.1 Å². The molecule has 1 aromatic rings. The van der Waals surface area contributed by atoms with Crippen molar-refractivity contribution in [2.45, 2.75) is 12.8 Å². The van der Waals surface area contributed by atoms with Gasteiger partial charge in [-0.2, -0.15) is 0 Å². The van der Waals surface area contributed by atoms with Gasteiger partial charge in [-0.05, 0) is 12.8 Å². The SMILES string of the molecule is COc1cc(OC)c(N(C)CCCCO)c(OC)c1. The molecule has 0 saturated carbocycles. The highest BCUT2D eigenvalue weighted by atomic mass is 16.5. The first-order valence-corrected chi connectivity index (χ1v) is 6.30. The first kappa shape index (κ1) is 15.4. The Bertz CT molecular complexity index is 370. The maximum absolute atomic E-state index is 8.84. The van der Waals surface area contributed by atoms with Gasteiger partial charge in [0.05, 0.1) is 21.3 Å². The van der Waals surface area contributed by atoms with Crippen LogP contribution in [0.1, 0.15) is 12.8 Å². The molecule has 0 atom stereocenters. The Hall–Kier alpha value is -1.62. The lowest BCUT2D eigenvalue weighted by atomic mass is 10.2. The van der Waals surface area contributed by atoms with Crippen molar-refractivity contribution in [3.63, 3.8) is 0 Å². The molecule has 0 fully saturated rings. The minimum Gasteiger partial charge on any atom is -0.496 e. The number of hydrogen-bond acceptors (Lipinski definition) is 5. The van der Waals surface area contributed by atoms with E-state index < -0.39 is 0 Å². The molecule has 0 amide bonds. The molecule has 19 heavy (non-hydrogen) atoms. The van der Waals surface area contributed by atoms with Crippen LogP contribution in [-0.4, -0.2) is 46.6 Å². The van der Waals surface area contributed by atoms with Crippen molar-refractivity contribution < 1.29 is 19.3 Å². The maximum atomic E-state index is 8.84. The summed E-state index contributed by atoms with van der Waals surface area (Å²) < 4.78 is 16.0. The summed E-state index contributed by atoms with van der Waals surface area (Å²) in [5, 5.41) is 8.84. The van der Waals surface area contributed by atoms with Gasteiger partial charge in [-0.3, -0.25) is 0 Å². The molecule has 0 bridgehead atoms. The van der Waals surface area contributed by atoms with Gasteiger partial charge in [0.25, 0.3) is 0 Å². The largest absolute Gasteiger partial charge is 0.496 e. The molecule has 0 saturated heterocycles. The molecule has 0 aliphatic rings. The molecule has 1 aromatic carbocycles. The van der Waals surface area contributed by atoms with E-state index in [0.717, 1.165) is 25.1 Å². The molecule has 0 aliphatic carbocycles. The first-order valence-electron chi connectivity index (χ1n) is 6.30. The molecule has 1 N–H and O–H groups in total. The molecule has 108 valence electrons. The molecule has 0 aromatic heterocycles. The lowest BCUT2D eigenvalue weighted by Gasteiger charge is -2.24. The van der Waals surface area contributed by atoms with E-state index in [4.69, 9.17) is 19.3 Å². The van der Waals surface area contributed by atoms with E-state index >= 15 is 0 Å². The molecular formula is C14H23NO4. The number of ether oxygens (including phenoxy) is 3. The number of aliphatic hydroxyl groups excluding tert-OH is 1. The Morgan fingerprint density at radius 1 is 1.00 bits per heavy atom. The fraction of sp³-hybridized carbons (Fsp3) is 0.571. The Morgan fingerprint density at radius 3 is 2.00 bits per heavy atom. The highest BCUT2D eigenvalue weighted by Gasteiger charge is 2.16. The van der Waals surface area contributed by atoms with Crippen LogP contribution in [0.4, 0.5) is 5.69 Å². The van der Waals surface area contributed by atoms with Gasteiger partial charge in [-0.1, -0.05) is 0 Å². The van der Waals surface area contributed by atoms with Gasteiger partial charge in [0.1, 0.15) is 22.9 Å². The predicted octanol–water partition coefficient (Wildman–Crippen LogP) is 1.92. The fourth-order valence-corrected chi connectivity index (χ4v) is 1.94. The third-order valence-corrected chi connectivity index (χ3v) is 2.97. The summed E-state index contributed by atoms with van der Waals surface area (Å²) in [5.41, 5.74) is 0.892. The lowest BCUT2D eigenvalue weighted by molar-refractivity contribution is 0.285. The summed E-state index contributed by atoms with van der Waals surface area (Å²) in [4.78, 5) is 2.06. The average Bonchev–Trinajstić information content (AvgIpc) is 2.45. The Balaban J connectivity index is 3.02. The average molecular weight is 269 g/mol. The second-order valence-corrected chi connectivity index (χ2v) is 4.23. The topological polar surface area (TPSA) is 51.2 Å². The summed E-state index contributed by atoms with van der Waals surface area (Å²) in [6.07, 6.45) is 1.69. The van der Waals surface area contributed by atoms with Crippen molar-refractivity contribution in [3.8, 4) is 17.2 Å². The third-order valence-electron chi connectivity index (χ3n) is 2.97. The summed E-state index contributed by atoms with van der Waals surface area (Å²) in [6.45, 7) is 1.03. The molecule has 0 radical (unpaired) electrons. The third kappa shape index (κ3) is 3.92. The van der Waals surface area contributed by atoms with Crippen LogP contribution in [-0.2, 0) is 0 Å². The van der Waals surface area contributed by atoms with Crippen LogP contribution in [0.3, 0.4) is 0 Å². The number of nitrogens with zero attached hydrogens (tertiary/aromatic N) is 1. The first-order chi connectivity index (χ1) is 9.17. The summed E-state index contributed by atoms with van der Waals surface area (Å²) in [5.74, 6) is 2.12. The number of hydrogen-bond donors (Lipinski definition) is 1. The highest BCUT2D eigenvalue weighted by Crippen LogP contribution is 2.41. The van der Waals surface area contributed by atoms with Crippen molar-refractivity contribution >= 4 is 5.69 Å². The summed E-state index contributed by atoms with van der Waals surface area (Å²) >= 11 is 0. The van der Waals surface area contributed by atoms with Crippen LogP contribution in [0.2, 0.25) is 0 Å². The molecular weight excluding hydrogens is 246 g/mol. The van der Waals surface area contributed by atoms with E-state index in [9.17, 15) is 0 Å². The summed E-state index contributed by atoms with van der Waals surface area (Å²) in [7, 11) is 6.83. The second-order valence-electron chi connectivity index (χ2n) is 4.23. The van der Waals surface area contributed by atoms with Crippen molar-refractivity contribution in [2.24, 2.45) is 0 Å². The number of unbranched alkanes of at least 4 members (excludes halogenated alkanes) is 1. The van der Waals surface area contributed by atoms with Gasteiger partial charge in [0.2, 0.25) is 0 Å². The summed E-state index contributed by atoms with van der Waals surface area (Å²) in [6, 6.07) is 3.67. The van der Waals surface area contributed by atoms with Crippen LogP contribution in [0, 0.1) is 0 Å². The highest BCUT2D eigenvalue weighted by molar-refractivity contribution is 5.70. The maximum Gasteiger partial charge on any atom is 0.149 e. The molecule has 0 heterocycles. The Morgan fingerprint density at radius 2 is 1.58 bits per heavy atom. The normalized spacial score (nSPS) is 10.2. The molecule has 0 aliphatic heterocycles. The molecule has 5 heteroatoms. The van der Waals surface area contributed by atoms with Gasteiger partial charge >= 0.3 is 0 Å². The van der Waals surface area contributed by atoms with Crippen molar-refractivity contribution in [1.29, 1.82) is 0 Å². The number of methoxy groups -OCH3 is 3. The van der Waals surface area contributed by atoms with Gasteiger partial charge < -0.3 is 24.2 Å². The molecule has 0 spiro atoms. The quantitative estimate of drug-likeness (QED) is 0.731. The zero-order valence-electron chi connectivity index (χ0n) is 12.1. The monoisotopic (exact) mass is 269 g/mol. The smallest absolute Gasteiger partial charge is 0.149 e. The van der Waals surface area contributed by atoms with Crippen molar-refractivity contribution in [1.82, 2.24) is 0 Å². The Kier molecular flexibility index (Phi) is 6.29. The van der Waals surface area contributed by atoms with Gasteiger partial charge in [-0.15, -0.1) is 0 Å². The lowest BCUT2D eigenvalue weighted by Crippen LogP contribution is -2.20. The van der Waals surface area contributed by atoms with Crippen LogP contribution in [0.25, 0.3) is 0 Å². The minimum absolute atomic E-state index is 0.213. The number of aliphatic hydroxyl groups is 1. The van der Waals surface area contributed by atoms with Crippen LogP contribution in [0.5, 0.6) is 17.2 Å². The van der Waals surface area contributed by atoms with Crippen molar-refractivity contribution in [3.05, 3.63) is 12.1 Å². The van der Waals surface area contributed by atoms with E-state index in [1.807, 2.05) is 19.2 Å². The van der Waals surface area contributed by atoms with E-state index in [-0.39, 0.29) is 6.61 Å². The van der Waals surface area contributed by atoms with E-state index in [1.165, 1.54) is 0 Å².